The Morgan fingerprint density at radius 2 is 1.65 bits per heavy atom. The number of nitrogens with one attached hydrogen (secondary N) is 2. The molecular weight excluding hydrogens is 642 g/mol. The van der Waals surface area contributed by atoms with Gasteiger partial charge in [-0.3, -0.25) is 9.36 Å². The molecule has 4 aromatic rings. The predicted molar refractivity (Wildman–Crippen MR) is 178 cm³/mol. The van der Waals surface area contributed by atoms with Gasteiger partial charge in [0.1, 0.15) is 11.5 Å². The monoisotopic (exact) mass is 679 g/mol. The van der Waals surface area contributed by atoms with Crippen LogP contribution in [0.1, 0.15) is 44.6 Å². The lowest BCUT2D eigenvalue weighted by Crippen LogP contribution is -2.31. The standard InChI is InChI=1S/C33H37N5O9S/c1-7-45-32(41)28-20(2)18-23-29(21(28)3)30(39)38(25-14-10-11-15-26(25)48(43,44)34-4)27(36-23)19-47-33(42)35-16-17-46-31(40)22-12-8-9-13-24(22)37(5)6/h8-15,18,34H,7,16-17,19H2,1-6H3,(H,35,42). The van der Waals surface area contributed by atoms with E-state index in [2.05, 4.69) is 15.0 Å². The normalized spacial score (nSPS) is 11.2. The molecule has 0 bridgehead atoms. The second-order valence-electron chi connectivity index (χ2n) is 10.7. The van der Waals surface area contributed by atoms with Crippen LogP contribution in [0.3, 0.4) is 0 Å². The first-order chi connectivity index (χ1) is 22.8. The molecule has 254 valence electrons. The van der Waals surface area contributed by atoms with Gasteiger partial charge in [-0.2, -0.15) is 0 Å². The van der Waals surface area contributed by atoms with Gasteiger partial charge in [0.25, 0.3) is 5.56 Å². The predicted octanol–water partition coefficient (Wildman–Crippen LogP) is 3.24. The summed E-state index contributed by atoms with van der Waals surface area (Å²) in [6, 6.07) is 14.3. The number of hydrogen-bond acceptors (Lipinski definition) is 11. The molecular formula is C33H37N5O9S. The summed E-state index contributed by atoms with van der Waals surface area (Å²) in [5.74, 6) is -1.27. The zero-order valence-electron chi connectivity index (χ0n) is 27.4. The number of nitrogens with zero attached hydrogens (tertiary/aromatic N) is 3. The van der Waals surface area contributed by atoms with Gasteiger partial charge in [0.15, 0.2) is 12.4 Å². The highest BCUT2D eigenvalue weighted by molar-refractivity contribution is 7.89. The fourth-order valence-corrected chi connectivity index (χ4v) is 6.08. The quantitative estimate of drug-likeness (QED) is 0.128. The van der Waals surface area contributed by atoms with E-state index in [-0.39, 0.29) is 52.6 Å². The number of fused-ring (bicyclic) bond motifs is 1. The largest absolute Gasteiger partial charge is 0.462 e. The van der Waals surface area contributed by atoms with Crippen LogP contribution in [0.15, 0.2) is 64.3 Å². The van der Waals surface area contributed by atoms with Gasteiger partial charge < -0.3 is 24.4 Å². The zero-order chi connectivity index (χ0) is 35.2. The molecule has 0 aliphatic rings. The highest BCUT2D eigenvalue weighted by Crippen LogP contribution is 2.26. The molecule has 14 nitrogen and oxygen atoms in total. The van der Waals surface area contributed by atoms with Crippen LogP contribution < -0.4 is 20.5 Å². The zero-order valence-corrected chi connectivity index (χ0v) is 28.3. The topological polar surface area (TPSA) is 175 Å². The number of anilines is 1. The molecule has 3 aromatic carbocycles. The Balaban J connectivity index is 1.65. The number of carbonyl (C=O) groups excluding carboxylic acids is 3. The Labute approximate surface area is 277 Å². The van der Waals surface area contributed by atoms with Crippen LogP contribution in [0, 0.1) is 13.8 Å². The van der Waals surface area contributed by atoms with E-state index >= 15 is 0 Å². The number of alkyl carbamates (subject to hydrolysis) is 1. The van der Waals surface area contributed by atoms with Crippen molar-refractivity contribution >= 4 is 44.6 Å². The Morgan fingerprint density at radius 1 is 0.958 bits per heavy atom. The van der Waals surface area contributed by atoms with E-state index in [0.717, 1.165) is 4.57 Å². The molecule has 0 unspecified atom stereocenters. The highest BCUT2D eigenvalue weighted by atomic mass is 32.2. The molecule has 1 aromatic heterocycles. The third-order valence-electron chi connectivity index (χ3n) is 7.36. The van der Waals surface area contributed by atoms with Crippen molar-refractivity contribution in [1.82, 2.24) is 19.6 Å². The molecule has 1 heterocycles. The van der Waals surface area contributed by atoms with Crippen molar-refractivity contribution < 1.29 is 37.0 Å². The maximum atomic E-state index is 14.2. The minimum atomic E-state index is -4.07. The number of benzene rings is 3. The number of rotatable bonds is 12. The number of hydrogen-bond donors (Lipinski definition) is 2. The van der Waals surface area contributed by atoms with E-state index < -0.39 is 40.2 Å². The number of ether oxygens (including phenoxy) is 3. The summed E-state index contributed by atoms with van der Waals surface area (Å²) in [7, 11) is 0.769. The van der Waals surface area contributed by atoms with Crippen molar-refractivity contribution in [1.29, 1.82) is 0 Å². The van der Waals surface area contributed by atoms with Crippen molar-refractivity contribution in [3.8, 4) is 5.69 Å². The molecule has 15 heteroatoms. The van der Waals surface area contributed by atoms with Crippen molar-refractivity contribution in [2.75, 3.05) is 45.8 Å². The smallest absolute Gasteiger partial charge is 0.407 e. The summed E-state index contributed by atoms with van der Waals surface area (Å²) >= 11 is 0. The molecule has 0 atom stereocenters. The van der Waals surface area contributed by atoms with E-state index in [1.54, 1.807) is 76.2 Å². The summed E-state index contributed by atoms with van der Waals surface area (Å²) < 4.78 is 45.1. The van der Waals surface area contributed by atoms with E-state index in [4.69, 9.17) is 14.2 Å². The minimum absolute atomic E-state index is 0.0483. The second-order valence-corrected chi connectivity index (χ2v) is 12.6. The summed E-state index contributed by atoms with van der Waals surface area (Å²) in [4.78, 5) is 58.4. The van der Waals surface area contributed by atoms with Gasteiger partial charge in [-0.15, -0.1) is 0 Å². The molecule has 0 radical (unpaired) electrons. The Morgan fingerprint density at radius 3 is 2.33 bits per heavy atom. The first kappa shape index (κ1) is 35.6. The molecule has 0 spiro atoms. The summed E-state index contributed by atoms with van der Waals surface area (Å²) in [5, 5.41) is 2.54. The Kier molecular flexibility index (Phi) is 11.2. The molecule has 0 aliphatic carbocycles. The maximum Gasteiger partial charge on any atom is 0.407 e. The van der Waals surface area contributed by atoms with Gasteiger partial charge in [-0.1, -0.05) is 24.3 Å². The van der Waals surface area contributed by atoms with Crippen LogP contribution in [0.5, 0.6) is 0 Å². The third kappa shape index (κ3) is 7.47. The van der Waals surface area contributed by atoms with Crippen molar-refractivity contribution in [2.45, 2.75) is 32.3 Å². The molecule has 48 heavy (non-hydrogen) atoms. The lowest BCUT2D eigenvalue weighted by Gasteiger charge is -2.19. The SMILES string of the molecule is CCOC(=O)c1c(C)cc2nc(COC(=O)NCCOC(=O)c3ccccc3N(C)C)n(-c3ccccc3S(=O)(=O)NC)c(=O)c2c1C. The number of para-hydroxylation sites is 2. The number of sulfonamides is 1. The van der Waals surface area contributed by atoms with Gasteiger partial charge in [0.05, 0.1) is 46.6 Å². The molecule has 0 aliphatic heterocycles. The van der Waals surface area contributed by atoms with E-state index in [9.17, 15) is 27.6 Å². The van der Waals surface area contributed by atoms with Crippen LogP contribution in [-0.2, 0) is 30.8 Å². The van der Waals surface area contributed by atoms with Gasteiger partial charge in [0.2, 0.25) is 10.0 Å². The van der Waals surface area contributed by atoms with Crippen molar-refractivity contribution in [3.05, 3.63) is 93.0 Å². The first-order valence-corrected chi connectivity index (χ1v) is 16.4. The fraction of sp³-hybridized carbons (Fsp3) is 0.303. The van der Waals surface area contributed by atoms with Crippen LogP contribution >= 0.6 is 0 Å². The van der Waals surface area contributed by atoms with Gasteiger partial charge in [0, 0.05) is 14.1 Å². The molecule has 0 saturated carbocycles. The van der Waals surface area contributed by atoms with Crippen LogP contribution in [0.25, 0.3) is 16.6 Å². The third-order valence-corrected chi connectivity index (χ3v) is 8.83. The van der Waals surface area contributed by atoms with Crippen LogP contribution in [0.2, 0.25) is 0 Å². The molecule has 2 N–H and O–H groups in total. The Hall–Kier alpha value is -5.28. The van der Waals surface area contributed by atoms with Crippen molar-refractivity contribution in [3.63, 3.8) is 0 Å². The molecule has 0 saturated heterocycles. The number of esters is 2. The number of aromatic nitrogens is 2. The summed E-state index contributed by atoms with van der Waals surface area (Å²) in [5.41, 5.74) is 1.52. The lowest BCUT2D eigenvalue weighted by atomic mass is 9.98. The average Bonchev–Trinajstić information content (AvgIpc) is 3.05. The van der Waals surface area contributed by atoms with Crippen LogP contribution in [-0.4, -0.2) is 76.9 Å². The minimum Gasteiger partial charge on any atom is -0.462 e. The van der Waals surface area contributed by atoms with Crippen molar-refractivity contribution in [2.24, 2.45) is 0 Å². The summed E-state index contributed by atoms with van der Waals surface area (Å²) in [6.45, 7) is 4.28. The highest BCUT2D eigenvalue weighted by Gasteiger charge is 2.25. The Bertz CT molecular complexity index is 2040. The van der Waals surface area contributed by atoms with Crippen LogP contribution in [0.4, 0.5) is 10.5 Å². The van der Waals surface area contributed by atoms with Gasteiger partial charge in [-0.25, -0.2) is 32.5 Å². The van der Waals surface area contributed by atoms with Gasteiger partial charge in [-0.05, 0) is 69.3 Å². The second kappa shape index (κ2) is 15.1. The summed E-state index contributed by atoms with van der Waals surface area (Å²) in [6.07, 6.45) is -0.901. The number of carbonyl (C=O) groups is 3. The first-order valence-electron chi connectivity index (χ1n) is 14.9. The molecule has 1 amide bonds. The number of amides is 1. The maximum absolute atomic E-state index is 14.2. The lowest BCUT2D eigenvalue weighted by molar-refractivity contribution is 0.0501. The van der Waals surface area contributed by atoms with E-state index in [1.165, 1.54) is 25.2 Å². The van der Waals surface area contributed by atoms with Gasteiger partial charge >= 0.3 is 18.0 Å². The molecule has 0 fully saturated rings. The average molecular weight is 680 g/mol. The molecule has 4 rings (SSSR count). The number of aryl methyl sites for hydroxylation is 2. The fourth-order valence-electron chi connectivity index (χ4n) is 5.17. The van der Waals surface area contributed by atoms with E-state index in [1.807, 2.05) is 0 Å². The van der Waals surface area contributed by atoms with E-state index in [0.29, 0.717) is 22.4 Å².